The van der Waals surface area contributed by atoms with Gasteiger partial charge in [0.2, 0.25) is 0 Å². The van der Waals surface area contributed by atoms with Gasteiger partial charge in [0.05, 0.1) is 11.0 Å². The van der Waals surface area contributed by atoms with Gasteiger partial charge in [0.25, 0.3) is 5.69 Å². The lowest BCUT2D eigenvalue weighted by molar-refractivity contribution is -0.384. The molecule has 0 aliphatic carbocycles. The Hall–Kier alpha value is -2.15. The van der Waals surface area contributed by atoms with Gasteiger partial charge >= 0.3 is 6.16 Å². The highest BCUT2D eigenvalue weighted by Gasteiger charge is 2.18. The molecule has 0 bridgehead atoms. The molecule has 7 heteroatoms. The molecule has 102 valence electrons. The van der Waals surface area contributed by atoms with Gasteiger partial charge in [-0.15, -0.1) is 0 Å². The van der Waals surface area contributed by atoms with Crippen LogP contribution in [0.3, 0.4) is 0 Å². The molecule has 1 aliphatic rings. The molecule has 0 amide bonds. The van der Waals surface area contributed by atoms with Gasteiger partial charge in [0, 0.05) is 18.7 Å². The molecule has 1 aliphatic heterocycles. The fourth-order valence-corrected chi connectivity index (χ4v) is 1.70. The zero-order chi connectivity index (χ0) is 13.7. The molecule has 7 nitrogen and oxygen atoms in total. The topological polar surface area (TPSA) is 87.9 Å². The highest BCUT2D eigenvalue weighted by Crippen LogP contribution is 2.18. The summed E-state index contributed by atoms with van der Waals surface area (Å²) in [6.45, 7) is 0.844. The molecule has 1 saturated heterocycles. The van der Waals surface area contributed by atoms with Crippen LogP contribution in [-0.4, -0.2) is 30.4 Å². The third-order valence-corrected chi connectivity index (χ3v) is 2.66. The van der Waals surface area contributed by atoms with Crippen molar-refractivity contribution in [2.24, 2.45) is 0 Å². The molecule has 0 spiro atoms. The largest absolute Gasteiger partial charge is 0.513 e. The Labute approximate surface area is 109 Å². The van der Waals surface area contributed by atoms with Crippen molar-refractivity contribution in [2.45, 2.75) is 18.9 Å². The van der Waals surface area contributed by atoms with Gasteiger partial charge in [0.15, 0.2) is 0 Å². The van der Waals surface area contributed by atoms with Crippen LogP contribution in [0.4, 0.5) is 10.5 Å². The molecule has 1 atom stereocenters. The van der Waals surface area contributed by atoms with E-state index in [9.17, 15) is 14.9 Å². The van der Waals surface area contributed by atoms with E-state index < -0.39 is 11.1 Å². The summed E-state index contributed by atoms with van der Waals surface area (Å²) in [5.41, 5.74) is -0.0694. The maximum Gasteiger partial charge on any atom is 0.513 e. The summed E-state index contributed by atoms with van der Waals surface area (Å²) in [6.07, 6.45) is 0.921. The number of hydrogen-bond acceptors (Lipinski definition) is 6. The Morgan fingerprint density at radius 3 is 2.74 bits per heavy atom. The minimum absolute atomic E-state index is 0.0654. The number of carbonyl (C=O) groups is 1. The molecule has 0 radical (unpaired) electrons. The van der Waals surface area contributed by atoms with Gasteiger partial charge in [-0.3, -0.25) is 10.1 Å². The first-order valence-electron chi connectivity index (χ1n) is 5.86. The standard InChI is InChI=1S/C12H13NO6/c14-12(18-8-11-2-1-7-17-11)19-10-5-3-9(4-6-10)13(15)16/h3-6,11H,1-2,7-8H2. The van der Waals surface area contributed by atoms with Gasteiger partial charge in [-0.1, -0.05) is 0 Å². The molecule has 19 heavy (non-hydrogen) atoms. The van der Waals surface area contributed by atoms with E-state index in [0.29, 0.717) is 6.61 Å². The van der Waals surface area contributed by atoms with Gasteiger partial charge in [-0.05, 0) is 25.0 Å². The van der Waals surface area contributed by atoms with Crippen molar-refractivity contribution in [1.82, 2.24) is 0 Å². The molecular weight excluding hydrogens is 254 g/mol. The predicted octanol–water partition coefficient (Wildman–Crippen LogP) is 2.29. The first-order chi connectivity index (χ1) is 9.15. The van der Waals surface area contributed by atoms with E-state index in [1.54, 1.807) is 0 Å². The van der Waals surface area contributed by atoms with Crippen molar-refractivity contribution in [2.75, 3.05) is 13.2 Å². The molecule has 1 aromatic carbocycles. The lowest BCUT2D eigenvalue weighted by Gasteiger charge is -2.09. The Balaban J connectivity index is 1.79. The molecule has 2 rings (SSSR count). The Morgan fingerprint density at radius 1 is 1.42 bits per heavy atom. The molecule has 1 unspecified atom stereocenters. The second-order valence-electron chi connectivity index (χ2n) is 4.05. The van der Waals surface area contributed by atoms with Crippen LogP contribution in [0.1, 0.15) is 12.8 Å². The number of benzene rings is 1. The van der Waals surface area contributed by atoms with Gasteiger partial charge < -0.3 is 14.2 Å². The van der Waals surface area contributed by atoms with E-state index >= 15 is 0 Å². The number of hydrogen-bond donors (Lipinski definition) is 0. The second-order valence-corrected chi connectivity index (χ2v) is 4.05. The minimum atomic E-state index is -0.843. The predicted molar refractivity (Wildman–Crippen MR) is 64.0 cm³/mol. The first-order valence-corrected chi connectivity index (χ1v) is 5.86. The van der Waals surface area contributed by atoms with Crippen LogP contribution >= 0.6 is 0 Å². The Morgan fingerprint density at radius 2 is 2.16 bits per heavy atom. The Bertz CT molecular complexity index is 452. The van der Waals surface area contributed by atoms with E-state index in [1.165, 1.54) is 24.3 Å². The first kappa shape index (κ1) is 13.3. The van der Waals surface area contributed by atoms with E-state index in [1.807, 2.05) is 0 Å². The monoisotopic (exact) mass is 267 g/mol. The van der Waals surface area contributed by atoms with Gasteiger partial charge in [0.1, 0.15) is 12.4 Å². The van der Waals surface area contributed by atoms with Crippen molar-refractivity contribution in [1.29, 1.82) is 0 Å². The SMILES string of the molecule is O=C(OCC1CCCO1)Oc1ccc([N+](=O)[O-])cc1. The quantitative estimate of drug-likeness (QED) is 0.360. The summed E-state index contributed by atoms with van der Waals surface area (Å²) in [5.74, 6) is 0.197. The third-order valence-electron chi connectivity index (χ3n) is 2.66. The van der Waals surface area contributed by atoms with Crippen molar-refractivity contribution in [3.63, 3.8) is 0 Å². The number of nitro groups is 1. The maximum atomic E-state index is 11.4. The maximum absolute atomic E-state index is 11.4. The van der Waals surface area contributed by atoms with E-state index in [4.69, 9.17) is 14.2 Å². The number of carbonyl (C=O) groups excluding carboxylic acids is 1. The fraction of sp³-hybridized carbons (Fsp3) is 0.417. The number of nitro benzene ring substituents is 1. The molecule has 1 aromatic rings. The summed E-state index contributed by atoms with van der Waals surface area (Å²) >= 11 is 0. The third kappa shape index (κ3) is 3.92. The highest BCUT2D eigenvalue weighted by atomic mass is 16.7. The van der Waals surface area contributed by atoms with E-state index in [0.717, 1.165) is 12.8 Å². The molecule has 0 saturated carbocycles. The molecule has 1 fully saturated rings. The van der Waals surface area contributed by atoms with Crippen LogP contribution in [-0.2, 0) is 9.47 Å². The molecule has 0 N–H and O–H groups in total. The van der Waals surface area contributed by atoms with Gasteiger partial charge in [-0.25, -0.2) is 4.79 Å². The van der Waals surface area contributed by atoms with E-state index in [-0.39, 0.29) is 24.1 Å². The Kier molecular flexibility index (Phi) is 4.30. The average Bonchev–Trinajstić information content (AvgIpc) is 2.90. The van der Waals surface area contributed by atoms with Crippen LogP contribution in [0.15, 0.2) is 24.3 Å². The summed E-state index contributed by atoms with van der Waals surface area (Å²) in [5, 5.41) is 10.4. The van der Waals surface area contributed by atoms with Crippen LogP contribution in [0.2, 0.25) is 0 Å². The summed E-state index contributed by atoms with van der Waals surface area (Å²) < 4.78 is 15.0. The second kappa shape index (κ2) is 6.14. The molecule has 1 heterocycles. The molecular formula is C12H13NO6. The van der Waals surface area contributed by atoms with Crippen LogP contribution in [0, 0.1) is 10.1 Å². The summed E-state index contributed by atoms with van der Waals surface area (Å²) in [6, 6.07) is 5.18. The number of rotatable bonds is 4. The minimum Gasteiger partial charge on any atom is -0.431 e. The highest BCUT2D eigenvalue weighted by molar-refractivity contribution is 5.64. The van der Waals surface area contributed by atoms with Crippen molar-refractivity contribution in [3.05, 3.63) is 34.4 Å². The lowest BCUT2D eigenvalue weighted by Crippen LogP contribution is -2.19. The van der Waals surface area contributed by atoms with Crippen molar-refractivity contribution < 1.29 is 23.9 Å². The average molecular weight is 267 g/mol. The number of ether oxygens (including phenoxy) is 3. The zero-order valence-corrected chi connectivity index (χ0v) is 10.1. The number of nitrogens with zero attached hydrogens (tertiary/aromatic N) is 1. The van der Waals surface area contributed by atoms with Crippen molar-refractivity contribution >= 4 is 11.8 Å². The molecule has 0 aromatic heterocycles. The van der Waals surface area contributed by atoms with Crippen LogP contribution < -0.4 is 4.74 Å². The van der Waals surface area contributed by atoms with E-state index in [2.05, 4.69) is 0 Å². The van der Waals surface area contributed by atoms with Gasteiger partial charge in [-0.2, -0.15) is 0 Å². The van der Waals surface area contributed by atoms with Crippen LogP contribution in [0.25, 0.3) is 0 Å². The zero-order valence-electron chi connectivity index (χ0n) is 10.1. The number of non-ortho nitro benzene ring substituents is 1. The summed E-state index contributed by atoms with van der Waals surface area (Å²) in [4.78, 5) is 21.3. The summed E-state index contributed by atoms with van der Waals surface area (Å²) in [7, 11) is 0. The van der Waals surface area contributed by atoms with Crippen molar-refractivity contribution in [3.8, 4) is 5.75 Å². The normalized spacial score (nSPS) is 18.0. The fourth-order valence-electron chi connectivity index (χ4n) is 1.70. The lowest BCUT2D eigenvalue weighted by atomic mass is 10.2. The smallest absolute Gasteiger partial charge is 0.431 e. The van der Waals surface area contributed by atoms with Crippen LogP contribution in [0.5, 0.6) is 5.75 Å².